The molecule has 7 heteroatoms. The standard InChI is InChI=1S/C14H18O7/c1-7-2-4-8(5-3-7)13(18)20-6-9-10(15)11(16)12(17)14(19)21-9/h2-5,9-12,14-17,19H,6H2,1H3/t9-,10-,11+,12-,14+/m1/s1. The summed E-state index contributed by atoms with van der Waals surface area (Å²) in [6.45, 7) is 1.53. The minimum atomic E-state index is -1.65. The molecule has 0 aromatic heterocycles. The number of rotatable bonds is 3. The normalized spacial score (nSPS) is 32.7. The number of aryl methyl sites for hydroxylation is 1. The van der Waals surface area contributed by atoms with Crippen molar-refractivity contribution in [3.63, 3.8) is 0 Å². The highest BCUT2D eigenvalue weighted by Crippen LogP contribution is 2.20. The number of aliphatic hydroxyl groups excluding tert-OH is 4. The second kappa shape index (κ2) is 6.50. The van der Waals surface area contributed by atoms with Crippen LogP contribution in [0.15, 0.2) is 24.3 Å². The topological polar surface area (TPSA) is 116 Å². The molecule has 1 saturated heterocycles. The lowest BCUT2D eigenvalue weighted by Crippen LogP contribution is -2.58. The van der Waals surface area contributed by atoms with E-state index in [1.165, 1.54) is 0 Å². The molecule has 1 heterocycles. The average Bonchev–Trinajstić information content (AvgIpc) is 2.48. The van der Waals surface area contributed by atoms with E-state index in [1.807, 2.05) is 6.92 Å². The maximum absolute atomic E-state index is 11.8. The molecule has 0 radical (unpaired) electrons. The van der Waals surface area contributed by atoms with Gasteiger partial charge in [0.2, 0.25) is 0 Å². The molecule has 0 bridgehead atoms. The van der Waals surface area contributed by atoms with Crippen molar-refractivity contribution in [2.24, 2.45) is 0 Å². The van der Waals surface area contributed by atoms with Crippen molar-refractivity contribution in [3.05, 3.63) is 35.4 Å². The molecule has 21 heavy (non-hydrogen) atoms. The Balaban J connectivity index is 1.93. The Bertz CT molecular complexity index is 487. The van der Waals surface area contributed by atoms with Gasteiger partial charge in [-0.2, -0.15) is 0 Å². The van der Waals surface area contributed by atoms with Crippen LogP contribution in [0.3, 0.4) is 0 Å². The number of benzene rings is 1. The molecular weight excluding hydrogens is 280 g/mol. The quantitative estimate of drug-likeness (QED) is 0.526. The van der Waals surface area contributed by atoms with Gasteiger partial charge in [-0.1, -0.05) is 17.7 Å². The van der Waals surface area contributed by atoms with E-state index >= 15 is 0 Å². The maximum Gasteiger partial charge on any atom is 0.338 e. The van der Waals surface area contributed by atoms with Gasteiger partial charge in [0.05, 0.1) is 5.56 Å². The predicted octanol–water partition coefficient (Wildman–Crippen LogP) is -1.05. The second-order valence-electron chi connectivity index (χ2n) is 5.00. The van der Waals surface area contributed by atoms with Crippen molar-refractivity contribution in [2.45, 2.75) is 37.6 Å². The molecule has 1 aliphatic rings. The third-order valence-electron chi connectivity index (χ3n) is 3.35. The van der Waals surface area contributed by atoms with Gasteiger partial charge in [0, 0.05) is 0 Å². The Morgan fingerprint density at radius 2 is 1.71 bits per heavy atom. The van der Waals surface area contributed by atoms with Crippen molar-refractivity contribution in [3.8, 4) is 0 Å². The summed E-state index contributed by atoms with van der Waals surface area (Å²) in [5, 5.41) is 37.9. The van der Waals surface area contributed by atoms with E-state index < -0.39 is 36.7 Å². The molecule has 0 amide bonds. The zero-order valence-electron chi connectivity index (χ0n) is 11.4. The number of hydrogen-bond donors (Lipinski definition) is 4. The Morgan fingerprint density at radius 1 is 1.10 bits per heavy atom. The molecule has 0 saturated carbocycles. The third-order valence-corrected chi connectivity index (χ3v) is 3.35. The van der Waals surface area contributed by atoms with Crippen LogP contribution < -0.4 is 0 Å². The number of hydrogen-bond acceptors (Lipinski definition) is 7. The smallest absolute Gasteiger partial charge is 0.338 e. The van der Waals surface area contributed by atoms with Crippen molar-refractivity contribution >= 4 is 5.97 Å². The highest BCUT2D eigenvalue weighted by atomic mass is 16.6. The fraction of sp³-hybridized carbons (Fsp3) is 0.500. The molecule has 1 aromatic rings. The van der Waals surface area contributed by atoms with Crippen molar-refractivity contribution in [2.75, 3.05) is 6.61 Å². The zero-order valence-corrected chi connectivity index (χ0v) is 11.4. The van der Waals surface area contributed by atoms with Crippen LogP contribution in [0.2, 0.25) is 0 Å². The Labute approximate surface area is 121 Å². The predicted molar refractivity (Wildman–Crippen MR) is 70.4 cm³/mol. The molecule has 0 aliphatic carbocycles. The molecule has 1 aromatic carbocycles. The zero-order chi connectivity index (χ0) is 15.6. The molecule has 1 aliphatic heterocycles. The molecule has 5 atom stereocenters. The van der Waals surface area contributed by atoms with Crippen LogP contribution in [0.5, 0.6) is 0 Å². The maximum atomic E-state index is 11.8. The third kappa shape index (κ3) is 3.58. The van der Waals surface area contributed by atoms with Crippen LogP contribution in [0.4, 0.5) is 0 Å². The molecule has 7 nitrogen and oxygen atoms in total. The molecule has 0 spiro atoms. The largest absolute Gasteiger partial charge is 0.459 e. The minimum absolute atomic E-state index is 0.340. The van der Waals surface area contributed by atoms with Crippen LogP contribution in [-0.2, 0) is 9.47 Å². The van der Waals surface area contributed by atoms with Crippen LogP contribution in [-0.4, -0.2) is 63.7 Å². The number of esters is 1. The molecule has 2 rings (SSSR count). The number of carbonyl (C=O) groups is 1. The summed E-state index contributed by atoms with van der Waals surface area (Å²) in [5.41, 5.74) is 1.34. The summed E-state index contributed by atoms with van der Waals surface area (Å²) >= 11 is 0. The van der Waals surface area contributed by atoms with Gasteiger partial charge in [-0.05, 0) is 19.1 Å². The lowest BCUT2D eigenvalue weighted by Gasteiger charge is -2.37. The van der Waals surface area contributed by atoms with E-state index in [0.29, 0.717) is 5.56 Å². The first-order valence-corrected chi connectivity index (χ1v) is 6.51. The van der Waals surface area contributed by atoms with E-state index in [9.17, 15) is 25.2 Å². The van der Waals surface area contributed by atoms with Gasteiger partial charge in [0.25, 0.3) is 0 Å². The van der Waals surface area contributed by atoms with E-state index in [-0.39, 0.29) is 6.61 Å². The number of carbonyl (C=O) groups excluding carboxylic acids is 1. The fourth-order valence-corrected chi connectivity index (χ4v) is 2.00. The summed E-state index contributed by atoms with van der Waals surface area (Å²) in [4.78, 5) is 11.8. The van der Waals surface area contributed by atoms with E-state index in [4.69, 9.17) is 9.47 Å². The van der Waals surface area contributed by atoms with Gasteiger partial charge in [0.15, 0.2) is 6.29 Å². The second-order valence-corrected chi connectivity index (χ2v) is 5.00. The molecule has 0 unspecified atom stereocenters. The first-order chi connectivity index (χ1) is 9.90. The summed E-state index contributed by atoms with van der Waals surface area (Å²) in [5.74, 6) is -0.610. The lowest BCUT2D eigenvalue weighted by molar-refractivity contribution is -0.286. The van der Waals surface area contributed by atoms with E-state index in [1.54, 1.807) is 24.3 Å². The van der Waals surface area contributed by atoms with Crippen molar-refractivity contribution in [1.29, 1.82) is 0 Å². The van der Waals surface area contributed by atoms with Gasteiger partial charge < -0.3 is 29.9 Å². The van der Waals surface area contributed by atoms with Gasteiger partial charge in [-0.15, -0.1) is 0 Å². The van der Waals surface area contributed by atoms with Crippen LogP contribution >= 0.6 is 0 Å². The Hall–Kier alpha value is -1.51. The highest BCUT2D eigenvalue weighted by Gasteiger charge is 2.43. The molecular formula is C14H18O7. The first kappa shape index (κ1) is 15.9. The van der Waals surface area contributed by atoms with Crippen molar-refractivity contribution in [1.82, 2.24) is 0 Å². The molecule has 1 fully saturated rings. The lowest BCUT2D eigenvalue weighted by atomic mass is 9.99. The van der Waals surface area contributed by atoms with Gasteiger partial charge >= 0.3 is 5.97 Å². The first-order valence-electron chi connectivity index (χ1n) is 6.51. The summed E-state index contributed by atoms with van der Waals surface area (Å²) in [6, 6.07) is 6.71. The highest BCUT2D eigenvalue weighted by molar-refractivity contribution is 5.89. The molecule has 4 N–H and O–H groups in total. The van der Waals surface area contributed by atoms with Gasteiger partial charge in [-0.3, -0.25) is 0 Å². The fourth-order valence-electron chi connectivity index (χ4n) is 2.00. The van der Waals surface area contributed by atoms with E-state index in [2.05, 4.69) is 0 Å². The van der Waals surface area contributed by atoms with Crippen LogP contribution in [0.25, 0.3) is 0 Å². The monoisotopic (exact) mass is 298 g/mol. The molecule has 116 valence electrons. The minimum Gasteiger partial charge on any atom is -0.459 e. The average molecular weight is 298 g/mol. The SMILES string of the molecule is Cc1ccc(C(=O)OC[C@H]2O[C@H](O)[C@H](O)[C@@H](O)[C@@H]2O)cc1. The van der Waals surface area contributed by atoms with Gasteiger partial charge in [0.1, 0.15) is 31.0 Å². The van der Waals surface area contributed by atoms with E-state index in [0.717, 1.165) is 5.56 Å². The van der Waals surface area contributed by atoms with Crippen LogP contribution in [0, 0.1) is 6.92 Å². The van der Waals surface area contributed by atoms with Gasteiger partial charge in [-0.25, -0.2) is 4.79 Å². The van der Waals surface area contributed by atoms with Crippen molar-refractivity contribution < 1.29 is 34.7 Å². The van der Waals surface area contributed by atoms with Crippen LogP contribution in [0.1, 0.15) is 15.9 Å². The Kier molecular flexibility index (Phi) is 4.92. The summed E-state index contributed by atoms with van der Waals surface area (Å²) in [6.07, 6.45) is -7.41. The number of ether oxygens (including phenoxy) is 2. The summed E-state index contributed by atoms with van der Waals surface area (Å²) < 4.78 is 9.89. The summed E-state index contributed by atoms with van der Waals surface area (Å²) in [7, 11) is 0. The Morgan fingerprint density at radius 3 is 2.33 bits per heavy atom. The number of aliphatic hydroxyl groups is 4.